The molecule has 0 bridgehead atoms. The van der Waals surface area contributed by atoms with E-state index in [1.165, 1.54) is 5.69 Å². The van der Waals surface area contributed by atoms with Gasteiger partial charge in [0, 0.05) is 19.0 Å². The van der Waals surface area contributed by atoms with Gasteiger partial charge in [0.15, 0.2) is 0 Å². The Kier molecular flexibility index (Phi) is 5.15. The molecule has 0 aliphatic rings. The van der Waals surface area contributed by atoms with Crippen LogP contribution in [0.1, 0.15) is 32.9 Å². The molecule has 0 radical (unpaired) electrons. The van der Waals surface area contributed by atoms with E-state index in [0.29, 0.717) is 0 Å². The Morgan fingerprint density at radius 1 is 1.53 bits per heavy atom. The Morgan fingerprint density at radius 2 is 2.24 bits per heavy atom. The summed E-state index contributed by atoms with van der Waals surface area (Å²) in [6.45, 7) is 10.3. The van der Waals surface area contributed by atoms with Crippen LogP contribution in [-0.4, -0.2) is 35.1 Å². The molecule has 1 aromatic heterocycles. The molecule has 0 spiro atoms. The molecule has 0 aliphatic carbocycles. The van der Waals surface area contributed by atoms with Gasteiger partial charge in [-0.15, -0.1) is 0 Å². The molecule has 0 fully saturated rings. The summed E-state index contributed by atoms with van der Waals surface area (Å²) in [5.41, 5.74) is 0.980. The third-order valence-electron chi connectivity index (χ3n) is 3.29. The summed E-state index contributed by atoms with van der Waals surface area (Å²) in [6.07, 6.45) is 2.96. The van der Waals surface area contributed by atoms with E-state index in [4.69, 9.17) is 4.74 Å². The van der Waals surface area contributed by atoms with Gasteiger partial charge >= 0.3 is 0 Å². The van der Waals surface area contributed by atoms with Crippen molar-refractivity contribution >= 4 is 0 Å². The van der Waals surface area contributed by atoms with Crippen LogP contribution < -0.4 is 5.32 Å². The van der Waals surface area contributed by atoms with Gasteiger partial charge in [-0.2, -0.15) is 5.10 Å². The van der Waals surface area contributed by atoms with Crippen LogP contribution in [0.5, 0.6) is 0 Å². The molecule has 4 nitrogen and oxygen atoms in total. The lowest BCUT2D eigenvalue weighted by molar-refractivity contribution is -0.0159. The first-order chi connectivity index (χ1) is 8.01. The zero-order valence-corrected chi connectivity index (χ0v) is 11.7. The quantitative estimate of drug-likeness (QED) is 0.791. The van der Waals surface area contributed by atoms with Crippen molar-refractivity contribution in [3.63, 3.8) is 0 Å². The third-order valence-corrected chi connectivity index (χ3v) is 3.29. The van der Waals surface area contributed by atoms with Crippen molar-refractivity contribution in [2.45, 2.75) is 52.3 Å². The lowest BCUT2D eigenvalue weighted by Crippen LogP contribution is -2.51. The smallest absolute Gasteiger partial charge is 0.0793 e. The molecule has 1 N–H and O–H groups in total. The van der Waals surface area contributed by atoms with Crippen molar-refractivity contribution in [3.05, 3.63) is 18.0 Å². The van der Waals surface area contributed by atoms with E-state index >= 15 is 0 Å². The number of hydrogen-bond donors (Lipinski definition) is 1. The van der Waals surface area contributed by atoms with Crippen LogP contribution in [0.3, 0.4) is 0 Å². The van der Waals surface area contributed by atoms with Gasteiger partial charge in [-0.05, 0) is 39.8 Å². The summed E-state index contributed by atoms with van der Waals surface area (Å²) in [7, 11) is 1.76. The number of hydrogen-bond acceptors (Lipinski definition) is 3. The zero-order chi connectivity index (χ0) is 12.9. The maximum absolute atomic E-state index is 5.58. The van der Waals surface area contributed by atoms with Crippen LogP contribution in [0.2, 0.25) is 0 Å². The predicted octanol–water partition coefficient (Wildman–Crippen LogP) is 1.98. The molecule has 1 aromatic rings. The number of nitrogens with zero attached hydrogens (tertiary/aromatic N) is 2. The first-order valence-corrected chi connectivity index (χ1v) is 6.28. The Bertz CT molecular complexity index is 333. The molecule has 0 aromatic carbocycles. The fourth-order valence-electron chi connectivity index (χ4n) is 1.75. The normalized spacial score (nSPS) is 13.9. The van der Waals surface area contributed by atoms with Crippen LogP contribution in [0.25, 0.3) is 0 Å². The van der Waals surface area contributed by atoms with Gasteiger partial charge in [0.2, 0.25) is 0 Å². The van der Waals surface area contributed by atoms with Crippen molar-refractivity contribution in [2.75, 3.05) is 13.7 Å². The minimum atomic E-state index is -0.201. The van der Waals surface area contributed by atoms with E-state index in [1.54, 1.807) is 7.11 Å². The molecule has 0 aliphatic heterocycles. The summed E-state index contributed by atoms with van der Waals surface area (Å²) in [6, 6.07) is 2.28. The molecular weight excluding hydrogens is 214 g/mol. The number of ether oxygens (including phenoxy) is 1. The highest BCUT2D eigenvalue weighted by Crippen LogP contribution is 2.16. The molecular formula is C13H25N3O. The highest BCUT2D eigenvalue weighted by molar-refractivity contribution is 4.98. The molecule has 0 saturated carbocycles. The van der Waals surface area contributed by atoms with Gasteiger partial charge in [0.05, 0.1) is 18.2 Å². The summed E-state index contributed by atoms with van der Waals surface area (Å²) in [4.78, 5) is 0. The van der Waals surface area contributed by atoms with Gasteiger partial charge < -0.3 is 10.1 Å². The lowest BCUT2D eigenvalue weighted by Gasteiger charge is -2.34. The first-order valence-electron chi connectivity index (χ1n) is 6.28. The van der Waals surface area contributed by atoms with E-state index in [2.05, 4.69) is 38.1 Å². The Hall–Kier alpha value is -0.870. The largest absolute Gasteiger partial charge is 0.377 e. The van der Waals surface area contributed by atoms with Crippen molar-refractivity contribution < 1.29 is 4.74 Å². The van der Waals surface area contributed by atoms with Gasteiger partial charge in [-0.25, -0.2) is 0 Å². The van der Waals surface area contributed by atoms with Crippen molar-refractivity contribution in [3.8, 4) is 0 Å². The number of aromatic nitrogens is 2. The number of nitrogens with one attached hydrogen (secondary N) is 1. The summed E-state index contributed by atoms with van der Waals surface area (Å²) >= 11 is 0. The maximum atomic E-state index is 5.58. The Labute approximate surface area is 104 Å². The van der Waals surface area contributed by atoms with E-state index in [-0.39, 0.29) is 11.6 Å². The summed E-state index contributed by atoms with van der Waals surface area (Å²) in [5, 5.41) is 7.87. The van der Waals surface area contributed by atoms with E-state index in [1.807, 2.05) is 16.9 Å². The first kappa shape index (κ1) is 14.2. The summed E-state index contributed by atoms with van der Waals surface area (Å²) in [5.74, 6) is 0. The Morgan fingerprint density at radius 3 is 2.71 bits per heavy atom. The molecule has 17 heavy (non-hydrogen) atoms. The monoisotopic (exact) mass is 239 g/mol. The standard InChI is InChI=1S/C13H25N3O/c1-6-8-14-12(13(3,4)17-5)10-16-11(2)7-9-15-16/h7,9,12,14H,6,8,10H2,1-5H3. The van der Waals surface area contributed by atoms with Crippen LogP contribution in [0.4, 0.5) is 0 Å². The van der Waals surface area contributed by atoms with E-state index in [0.717, 1.165) is 19.5 Å². The second-order valence-corrected chi connectivity index (χ2v) is 4.97. The highest BCUT2D eigenvalue weighted by Gasteiger charge is 2.29. The van der Waals surface area contributed by atoms with Crippen LogP contribution in [0.15, 0.2) is 12.3 Å². The maximum Gasteiger partial charge on any atom is 0.0793 e. The van der Waals surface area contributed by atoms with Gasteiger partial charge in [0.1, 0.15) is 0 Å². The molecule has 1 rings (SSSR count). The van der Waals surface area contributed by atoms with E-state index in [9.17, 15) is 0 Å². The third kappa shape index (κ3) is 3.82. The van der Waals surface area contributed by atoms with Gasteiger partial charge in [0.25, 0.3) is 0 Å². The fourth-order valence-corrected chi connectivity index (χ4v) is 1.75. The van der Waals surface area contributed by atoms with Crippen LogP contribution in [0, 0.1) is 6.92 Å². The fraction of sp³-hybridized carbons (Fsp3) is 0.769. The van der Waals surface area contributed by atoms with E-state index < -0.39 is 0 Å². The molecule has 0 saturated heterocycles. The molecule has 98 valence electrons. The highest BCUT2D eigenvalue weighted by atomic mass is 16.5. The molecule has 1 heterocycles. The van der Waals surface area contributed by atoms with Gasteiger partial charge in [-0.1, -0.05) is 6.92 Å². The topological polar surface area (TPSA) is 39.1 Å². The molecule has 0 amide bonds. The van der Waals surface area contributed by atoms with Crippen molar-refractivity contribution in [1.29, 1.82) is 0 Å². The Balaban J connectivity index is 2.73. The molecule has 4 heteroatoms. The van der Waals surface area contributed by atoms with Gasteiger partial charge in [-0.3, -0.25) is 4.68 Å². The lowest BCUT2D eigenvalue weighted by atomic mass is 9.98. The second-order valence-electron chi connectivity index (χ2n) is 4.97. The minimum absolute atomic E-state index is 0.201. The SMILES string of the molecule is CCCNC(Cn1nccc1C)C(C)(C)OC. The number of methoxy groups -OCH3 is 1. The van der Waals surface area contributed by atoms with Crippen LogP contribution in [-0.2, 0) is 11.3 Å². The average molecular weight is 239 g/mol. The zero-order valence-electron chi connectivity index (χ0n) is 11.7. The predicted molar refractivity (Wildman–Crippen MR) is 70.1 cm³/mol. The van der Waals surface area contributed by atoms with Crippen LogP contribution >= 0.6 is 0 Å². The average Bonchev–Trinajstić information content (AvgIpc) is 2.70. The van der Waals surface area contributed by atoms with Crippen molar-refractivity contribution in [2.24, 2.45) is 0 Å². The summed E-state index contributed by atoms with van der Waals surface area (Å²) < 4.78 is 7.60. The molecule has 1 unspecified atom stereocenters. The molecule has 1 atom stereocenters. The number of aryl methyl sites for hydroxylation is 1. The second kappa shape index (κ2) is 6.17. The minimum Gasteiger partial charge on any atom is -0.377 e. The number of rotatable bonds is 7. The van der Waals surface area contributed by atoms with Crippen molar-refractivity contribution in [1.82, 2.24) is 15.1 Å².